The predicted octanol–water partition coefficient (Wildman–Crippen LogP) is 2.61. The number of nitrogens with one attached hydrogen (secondary N) is 1. The molecule has 10 nitrogen and oxygen atoms in total. The van der Waals surface area contributed by atoms with Crippen LogP contribution in [0, 0.1) is 12.8 Å². The lowest BCUT2D eigenvalue weighted by Gasteiger charge is -2.45. The summed E-state index contributed by atoms with van der Waals surface area (Å²) in [6.45, 7) is 15.4. The molecule has 2 aromatic rings. The molecule has 0 bridgehead atoms. The molecule has 1 aliphatic heterocycles. The summed E-state index contributed by atoms with van der Waals surface area (Å²) in [4.78, 5) is 25.3. The maximum Gasteiger partial charge on any atom is 0.228 e. The molecule has 1 aliphatic rings. The zero-order chi connectivity index (χ0) is 24.6. The van der Waals surface area contributed by atoms with Crippen molar-refractivity contribution >= 4 is 31.8 Å². The lowest BCUT2D eigenvalue weighted by atomic mass is 9.83. The van der Waals surface area contributed by atoms with Crippen LogP contribution >= 0.6 is 11.8 Å². The SMILES string of the molecule is Cc1cc(C(=O)CC2NC(=O)C2[C@@H](C)O[Si](C)(C)C(C)(C)C)nn1CCSc1nnnn1C. The molecule has 1 amide bonds. The van der Waals surface area contributed by atoms with Gasteiger partial charge in [0.05, 0.1) is 24.6 Å². The summed E-state index contributed by atoms with van der Waals surface area (Å²) in [5, 5.41) is 19.6. The van der Waals surface area contributed by atoms with Gasteiger partial charge in [-0.1, -0.05) is 32.5 Å². The Hall–Kier alpha value is -2.05. The molecule has 3 atom stereocenters. The Bertz CT molecular complexity index is 1010. The van der Waals surface area contributed by atoms with E-state index in [1.807, 2.05) is 24.6 Å². The molecule has 182 valence electrons. The predicted molar refractivity (Wildman–Crippen MR) is 129 cm³/mol. The van der Waals surface area contributed by atoms with E-state index in [1.165, 1.54) is 11.8 Å². The average molecular weight is 494 g/mol. The molecular weight excluding hydrogens is 458 g/mol. The summed E-state index contributed by atoms with van der Waals surface area (Å²) in [6.07, 6.45) is -0.0129. The molecule has 0 spiro atoms. The summed E-state index contributed by atoms with van der Waals surface area (Å²) < 4.78 is 9.87. The fraction of sp³-hybridized carbons (Fsp3) is 0.714. The molecule has 1 fully saturated rings. The number of rotatable bonds is 10. The number of carbonyl (C=O) groups is 2. The Morgan fingerprint density at radius 2 is 2.06 bits per heavy atom. The number of ketones is 1. The Balaban J connectivity index is 1.57. The molecule has 0 aromatic carbocycles. The van der Waals surface area contributed by atoms with Crippen molar-refractivity contribution in [3.63, 3.8) is 0 Å². The average Bonchev–Trinajstić information content (AvgIpc) is 3.25. The van der Waals surface area contributed by atoms with E-state index in [-0.39, 0.29) is 41.2 Å². The molecular formula is C21H35N7O3SSi. The van der Waals surface area contributed by atoms with Crippen LogP contribution in [0.3, 0.4) is 0 Å². The van der Waals surface area contributed by atoms with Crippen molar-refractivity contribution < 1.29 is 14.0 Å². The second kappa shape index (κ2) is 9.67. The molecule has 12 heteroatoms. The minimum atomic E-state index is -2.01. The fourth-order valence-corrected chi connectivity index (χ4v) is 5.83. The van der Waals surface area contributed by atoms with Gasteiger partial charge in [-0.2, -0.15) is 5.10 Å². The lowest BCUT2D eigenvalue weighted by molar-refractivity contribution is -0.139. The van der Waals surface area contributed by atoms with Gasteiger partial charge >= 0.3 is 0 Å². The first-order chi connectivity index (χ1) is 15.3. The van der Waals surface area contributed by atoms with Crippen LogP contribution in [0.1, 0.15) is 50.3 Å². The number of nitrogens with zero attached hydrogens (tertiary/aromatic N) is 6. The highest BCUT2D eigenvalue weighted by atomic mass is 32.2. The fourth-order valence-electron chi connectivity index (χ4n) is 3.63. The number of aryl methyl sites for hydroxylation is 3. The first kappa shape index (κ1) is 25.6. The van der Waals surface area contributed by atoms with Crippen molar-refractivity contribution in [1.29, 1.82) is 0 Å². The summed E-state index contributed by atoms with van der Waals surface area (Å²) in [5.41, 5.74) is 1.34. The molecule has 3 heterocycles. The molecule has 33 heavy (non-hydrogen) atoms. The van der Waals surface area contributed by atoms with Crippen molar-refractivity contribution in [3.05, 3.63) is 17.5 Å². The van der Waals surface area contributed by atoms with E-state index in [2.05, 4.69) is 59.8 Å². The van der Waals surface area contributed by atoms with Gasteiger partial charge in [-0.15, -0.1) is 5.10 Å². The third-order valence-electron chi connectivity index (χ3n) is 6.64. The Morgan fingerprint density at radius 3 is 2.64 bits per heavy atom. The zero-order valence-corrected chi connectivity index (χ0v) is 22.6. The normalized spacial score (nSPS) is 19.8. The highest BCUT2D eigenvalue weighted by Gasteiger charge is 2.48. The van der Waals surface area contributed by atoms with Gasteiger partial charge in [0.2, 0.25) is 11.1 Å². The summed E-state index contributed by atoms with van der Waals surface area (Å²) in [5.74, 6) is 0.295. The summed E-state index contributed by atoms with van der Waals surface area (Å²) in [6, 6.07) is 1.58. The second-order valence-corrected chi connectivity index (χ2v) is 16.0. The smallest absolute Gasteiger partial charge is 0.228 e. The number of β-lactam (4-membered cyclic amide) rings is 1. The number of hydrogen-bond donors (Lipinski definition) is 1. The summed E-state index contributed by atoms with van der Waals surface area (Å²) >= 11 is 1.53. The van der Waals surface area contributed by atoms with Gasteiger partial charge < -0.3 is 9.74 Å². The van der Waals surface area contributed by atoms with E-state index in [0.29, 0.717) is 12.2 Å². The maximum atomic E-state index is 12.9. The minimum absolute atomic E-state index is 0.0454. The van der Waals surface area contributed by atoms with Gasteiger partial charge in [0.1, 0.15) is 5.69 Å². The highest BCUT2D eigenvalue weighted by molar-refractivity contribution is 7.99. The first-order valence-electron chi connectivity index (χ1n) is 11.2. The van der Waals surface area contributed by atoms with Crippen LogP contribution in [0.2, 0.25) is 18.1 Å². The van der Waals surface area contributed by atoms with Crippen LogP contribution in [0.25, 0.3) is 0 Å². The van der Waals surface area contributed by atoms with Crippen molar-refractivity contribution in [2.75, 3.05) is 5.75 Å². The molecule has 0 radical (unpaired) electrons. The van der Waals surface area contributed by atoms with Crippen molar-refractivity contribution in [2.24, 2.45) is 13.0 Å². The monoisotopic (exact) mass is 493 g/mol. The quantitative estimate of drug-likeness (QED) is 0.232. The minimum Gasteiger partial charge on any atom is -0.413 e. The first-order valence-corrected chi connectivity index (χ1v) is 15.1. The topological polar surface area (TPSA) is 117 Å². The second-order valence-electron chi connectivity index (χ2n) is 10.2. The van der Waals surface area contributed by atoms with Gasteiger partial charge in [0.15, 0.2) is 14.1 Å². The van der Waals surface area contributed by atoms with E-state index < -0.39 is 8.32 Å². The summed E-state index contributed by atoms with van der Waals surface area (Å²) in [7, 11) is -0.219. The van der Waals surface area contributed by atoms with Crippen LogP contribution in [0.4, 0.5) is 0 Å². The van der Waals surface area contributed by atoms with Crippen molar-refractivity contribution in [3.8, 4) is 0 Å². The number of aromatic nitrogens is 6. The van der Waals surface area contributed by atoms with Gasteiger partial charge in [0.25, 0.3) is 0 Å². The number of hydrogen-bond acceptors (Lipinski definition) is 8. The van der Waals surface area contributed by atoms with Crippen LogP contribution in [0.15, 0.2) is 11.2 Å². The van der Waals surface area contributed by atoms with Gasteiger partial charge in [-0.05, 0) is 48.5 Å². The van der Waals surface area contributed by atoms with Crippen molar-refractivity contribution in [2.45, 2.75) is 83.0 Å². The molecule has 2 unspecified atom stereocenters. The van der Waals surface area contributed by atoms with Crippen LogP contribution in [-0.4, -0.2) is 67.9 Å². The number of amides is 1. The Labute approximate surface area is 200 Å². The number of tetrazole rings is 1. The lowest BCUT2D eigenvalue weighted by Crippen LogP contribution is -2.64. The Morgan fingerprint density at radius 1 is 1.36 bits per heavy atom. The van der Waals surface area contributed by atoms with Crippen molar-refractivity contribution in [1.82, 2.24) is 35.3 Å². The third kappa shape index (κ3) is 5.72. The van der Waals surface area contributed by atoms with Crippen LogP contribution in [-0.2, 0) is 22.8 Å². The number of thioether (sulfide) groups is 1. The number of carbonyl (C=O) groups excluding carboxylic acids is 2. The van der Waals surface area contributed by atoms with Gasteiger partial charge in [-0.3, -0.25) is 14.3 Å². The van der Waals surface area contributed by atoms with E-state index >= 15 is 0 Å². The molecule has 2 aromatic heterocycles. The number of Topliss-reactive ketones (excluding diaryl/α,β-unsaturated/α-hetero) is 1. The Kier molecular flexibility index (Phi) is 7.49. The van der Waals surface area contributed by atoms with Crippen LogP contribution < -0.4 is 5.32 Å². The maximum absolute atomic E-state index is 12.9. The van der Waals surface area contributed by atoms with Gasteiger partial charge in [0, 0.05) is 24.9 Å². The molecule has 0 saturated carbocycles. The standard InChI is InChI=1S/C21H35N7O3SSi/c1-13-11-15(24-28(13)9-10-32-20-23-25-26-27(20)6)17(29)12-16-18(19(30)22-16)14(2)31-33(7,8)21(3,4)5/h11,14,16,18H,9-10,12H2,1-8H3,(H,22,30)/t14-,16?,18?/m1/s1. The largest absolute Gasteiger partial charge is 0.413 e. The third-order valence-corrected chi connectivity index (χ3v) is 12.2. The van der Waals surface area contributed by atoms with Crippen LogP contribution in [0.5, 0.6) is 0 Å². The zero-order valence-electron chi connectivity index (χ0n) is 20.7. The molecule has 1 saturated heterocycles. The van der Waals surface area contributed by atoms with E-state index in [1.54, 1.807) is 11.7 Å². The van der Waals surface area contributed by atoms with E-state index in [9.17, 15) is 9.59 Å². The molecule has 1 N–H and O–H groups in total. The highest BCUT2D eigenvalue weighted by Crippen LogP contribution is 2.39. The molecule has 3 rings (SSSR count). The van der Waals surface area contributed by atoms with E-state index in [4.69, 9.17) is 4.43 Å². The van der Waals surface area contributed by atoms with Gasteiger partial charge in [-0.25, -0.2) is 4.68 Å². The molecule has 0 aliphatic carbocycles. The van der Waals surface area contributed by atoms with E-state index in [0.717, 1.165) is 16.6 Å².